The number of amidine groups is 1. The predicted octanol–water partition coefficient (Wildman–Crippen LogP) is 4.49. The van der Waals surface area contributed by atoms with Gasteiger partial charge in [0.2, 0.25) is 6.19 Å². The molecule has 1 aliphatic rings. The monoisotopic (exact) mass is 459 g/mol. The van der Waals surface area contributed by atoms with Gasteiger partial charge >= 0.3 is 0 Å². The summed E-state index contributed by atoms with van der Waals surface area (Å²) in [5.41, 5.74) is 1.27. The molecule has 0 amide bonds. The van der Waals surface area contributed by atoms with Crippen LogP contribution >= 0.6 is 22.9 Å². The largest absolute Gasteiger partial charge is 0.399 e. The van der Waals surface area contributed by atoms with Crippen LogP contribution in [-0.2, 0) is 21.5 Å². The first-order valence-electron chi connectivity index (χ1n) is 10.0. The van der Waals surface area contributed by atoms with Crippen molar-refractivity contribution < 1.29 is 9.57 Å². The van der Waals surface area contributed by atoms with E-state index >= 15 is 0 Å². The van der Waals surface area contributed by atoms with Gasteiger partial charge in [-0.2, -0.15) is 15.2 Å². The van der Waals surface area contributed by atoms with Gasteiger partial charge in [-0.3, -0.25) is 0 Å². The summed E-state index contributed by atoms with van der Waals surface area (Å²) in [4.78, 5) is 15.5. The fourth-order valence-electron chi connectivity index (χ4n) is 3.18. The highest BCUT2D eigenvalue weighted by Crippen LogP contribution is 2.25. The summed E-state index contributed by atoms with van der Waals surface area (Å²) < 4.78 is 7.93. The molecule has 0 aliphatic carbocycles. The van der Waals surface area contributed by atoms with Gasteiger partial charge in [-0.15, -0.1) is 11.3 Å². The van der Waals surface area contributed by atoms with Crippen LogP contribution in [0, 0.1) is 11.5 Å². The SMILES string of the molecule is CON=Cc1ccc(Cl)cc1C(=NC#N)N=c1sc(C(C)(C)C)cn1C[C@H]1CCCO1. The third-order valence-corrected chi connectivity index (χ3v) is 6.48. The molecule has 3 rings (SSSR count). The van der Waals surface area contributed by atoms with E-state index in [1.165, 1.54) is 12.0 Å². The zero-order chi connectivity index (χ0) is 22.4. The molecule has 31 heavy (non-hydrogen) atoms. The van der Waals surface area contributed by atoms with Crippen LogP contribution in [0.5, 0.6) is 0 Å². The standard InChI is InChI=1S/C22H26ClN5O2S/c1-22(2,3)19-13-28(12-17-6-5-9-30-17)21(31-19)27-20(25-14-24)18-10-16(23)8-7-15(18)11-26-29-4/h7-8,10-11,13,17H,5-6,9,12H2,1-4H3/t17-/m1/s1. The molecule has 0 bridgehead atoms. The summed E-state index contributed by atoms with van der Waals surface area (Å²) in [6.45, 7) is 8.00. The second-order valence-corrected chi connectivity index (χ2v) is 9.66. The van der Waals surface area contributed by atoms with Crippen LogP contribution in [0.3, 0.4) is 0 Å². The third kappa shape index (κ3) is 6.03. The highest BCUT2D eigenvalue weighted by atomic mass is 35.5. The van der Waals surface area contributed by atoms with Gasteiger partial charge in [-0.1, -0.05) is 43.6 Å². The summed E-state index contributed by atoms with van der Waals surface area (Å²) in [7, 11) is 1.47. The summed E-state index contributed by atoms with van der Waals surface area (Å²) >= 11 is 7.82. The number of hydrogen-bond donors (Lipinski definition) is 0. The molecule has 0 N–H and O–H groups in total. The molecule has 0 unspecified atom stereocenters. The van der Waals surface area contributed by atoms with Gasteiger partial charge in [0.25, 0.3) is 0 Å². The molecule has 1 aliphatic heterocycles. The maximum atomic E-state index is 9.33. The first kappa shape index (κ1) is 23.2. The van der Waals surface area contributed by atoms with Crippen LogP contribution in [0.15, 0.2) is 39.5 Å². The van der Waals surface area contributed by atoms with Crippen LogP contribution in [0.2, 0.25) is 5.02 Å². The van der Waals surface area contributed by atoms with Gasteiger partial charge in [0, 0.05) is 33.8 Å². The number of rotatable bonds is 5. The van der Waals surface area contributed by atoms with E-state index in [-0.39, 0.29) is 17.4 Å². The van der Waals surface area contributed by atoms with Gasteiger partial charge < -0.3 is 14.1 Å². The quantitative estimate of drug-likeness (QED) is 0.286. The fraction of sp³-hybridized carbons (Fsp3) is 0.455. The number of benzene rings is 1. The van der Waals surface area contributed by atoms with E-state index in [4.69, 9.17) is 26.2 Å². The molecule has 0 spiro atoms. The zero-order valence-corrected chi connectivity index (χ0v) is 19.7. The number of nitrogens with zero attached hydrogens (tertiary/aromatic N) is 5. The molecule has 0 saturated carbocycles. The lowest BCUT2D eigenvalue weighted by Gasteiger charge is -2.15. The molecule has 1 saturated heterocycles. The van der Waals surface area contributed by atoms with Crippen molar-refractivity contribution in [3.63, 3.8) is 0 Å². The normalized spacial score (nSPS) is 18.0. The molecule has 0 radical (unpaired) electrons. The first-order valence-corrected chi connectivity index (χ1v) is 11.2. The minimum atomic E-state index is -0.0322. The van der Waals surface area contributed by atoms with E-state index in [1.807, 2.05) is 6.19 Å². The number of aliphatic imine (C=N–C) groups is 1. The number of hydrogen-bond acceptors (Lipinski definition) is 6. The van der Waals surface area contributed by atoms with Gasteiger partial charge in [0.15, 0.2) is 10.6 Å². The number of nitriles is 1. The maximum absolute atomic E-state index is 9.33. The Hall–Kier alpha value is -2.47. The van der Waals surface area contributed by atoms with Gasteiger partial charge in [-0.25, -0.2) is 0 Å². The first-order chi connectivity index (χ1) is 14.8. The fourth-order valence-corrected chi connectivity index (χ4v) is 4.41. The average molecular weight is 460 g/mol. The number of halogens is 1. The van der Waals surface area contributed by atoms with Crippen molar-refractivity contribution in [2.75, 3.05) is 13.7 Å². The lowest BCUT2D eigenvalue weighted by molar-refractivity contribution is 0.0963. The van der Waals surface area contributed by atoms with Crippen molar-refractivity contribution in [2.45, 2.75) is 51.7 Å². The molecule has 7 nitrogen and oxygen atoms in total. The smallest absolute Gasteiger partial charge is 0.207 e. The molecule has 164 valence electrons. The van der Waals surface area contributed by atoms with Crippen molar-refractivity contribution in [1.82, 2.24) is 4.57 Å². The average Bonchev–Trinajstić information content (AvgIpc) is 3.37. The Morgan fingerprint density at radius 2 is 2.26 bits per heavy atom. The molecule has 1 aromatic heterocycles. The Morgan fingerprint density at radius 1 is 1.45 bits per heavy atom. The van der Waals surface area contributed by atoms with E-state index in [1.54, 1.807) is 35.8 Å². The van der Waals surface area contributed by atoms with Crippen molar-refractivity contribution >= 4 is 35.0 Å². The van der Waals surface area contributed by atoms with E-state index in [2.05, 4.69) is 41.7 Å². The summed E-state index contributed by atoms with van der Waals surface area (Å²) in [6.07, 6.45) is 7.79. The topological polar surface area (TPSA) is 84.3 Å². The molecular weight excluding hydrogens is 434 g/mol. The van der Waals surface area contributed by atoms with E-state index in [0.717, 1.165) is 24.2 Å². The number of aromatic nitrogens is 1. The van der Waals surface area contributed by atoms with Crippen molar-refractivity contribution in [1.29, 1.82) is 5.26 Å². The van der Waals surface area contributed by atoms with Crippen LogP contribution in [-0.4, -0.2) is 36.4 Å². The maximum Gasteiger partial charge on any atom is 0.207 e. The Bertz CT molecular complexity index is 1080. The Balaban J connectivity index is 2.14. The summed E-state index contributed by atoms with van der Waals surface area (Å²) in [5.74, 6) is 0.269. The van der Waals surface area contributed by atoms with Crippen LogP contribution in [0.4, 0.5) is 0 Å². The molecule has 1 atom stereocenters. The Labute approximate surface area is 191 Å². The van der Waals surface area contributed by atoms with E-state index in [0.29, 0.717) is 22.7 Å². The predicted molar refractivity (Wildman–Crippen MR) is 124 cm³/mol. The van der Waals surface area contributed by atoms with Crippen LogP contribution < -0.4 is 4.80 Å². The van der Waals surface area contributed by atoms with Gasteiger partial charge in [0.1, 0.15) is 7.11 Å². The van der Waals surface area contributed by atoms with E-state index < -0.39 is 0 Å². The van der Waals surface area contributed by atoms with Crippen LogP contribution in [0.1, 0.15) is 49.6 Å². The van der Waals surface area contributed by atoms with Crippen LogP contribution in [0.25, 0.3) is 0 Å². The second-order valence-electron chi connectivity index (χ2n) is 8.21. The number of thiazole rings is 1. The molecule has 2 heterocycles. The van der Waals surface area contributed by atoms with Crippen molar-refractivity contribution in [3.05, 3.63) is 50.2 Å². The third-order valence-electron chi connectivity index (χ3n) is 4.79. The molecule has 9 heteroatoms. The molecule has 1 fully saturated rings. The summed E-state index contributed by atoms with van der Waals surface area (Å²) in [6, 6.07) is 5.26. The minimum absolute atomic E-state index is 0.0322. The highest BCUT2D eigenvalue weighted by molar-refractivity contribution is 7.09. The molecule has 2 aromatic rings. The molecule has 1 aromatic carbocycles. The highest BCUT2D eigenvalue weighted by Gasteiger charge is 2.21. The zero-order valence-electron chi connectivity index (χ0n) is 18.1. The summed E-state index contributed by atoms with van der Waals surface area (Å²) in [5, 5.41) is 13.7. The van der Waals surface area contributed by atoms with Crippen molar-refractivity contribution in [3.8, 4) is 6.19 Å². The molecular formula is C22H26ClN5O2S. The van der Waals surface area contributed by atoms with E-state index in [9.17, 15) is 5.26 Å². The number of oxime groups is 1. The van der Waals surface area contributed by atoms with Crippen molar-refractivity contribution in [2.24, 2.45) is 15.1 Å². The number of ether oxygens (including phenoxy) is 1. The lowest BCUT2D eigenvalue weighted by atomic mass is 9.95. The Kier molecular flexibility index (Phi) is 7.65. The Morgan fingerprint density at radius 3 is 2.90 bits per heavy atom. The van der Waals surface area contributed by atoms with Gasteiger partial charge in [0.05, 0.1) is 18.9 Å². The lowest BCUT2D eigenvalue weighted by Crippen LogP contribution is -2.24. The second kappa shape index (κ2) is 10.2. The van der Waals surface area contributed by atoms with Gasteiger partial charge in [-0.05, 0) is 30.4 Å². The minimum Gasteiger partial charge on any atom is -0.399 e.